The summed E-state index contributed by atoms with van der Waals surface area (Å²) >= 11 is 6.13. The van der Waals surface area contributed by atoms with E-state index in [2.05, 4.69) is 10.5 Å². The molecule has 0 amide bonds. The number of phenols is 1. The van der Waals surface area contributed by atoms with Crippen LogP contribution in [0.25, 0.3) is 11.0 Å². The summed E-state index contributed by atoms with van der Waals surface area (Å²) in [6.07, 6.45) is 0. The van der Waals surface area contributed by atoms with Gasteiger partial charge in [-0.15, -0.1) is 0 Å². The highest BCUT2D eigenvalue weighted by Gasteiger charge is 2.10. The van der Waals surface area contributed by atoms with Crippen molar-refractivity contribution >= 4 is 28.4 Å². The van der Waals surface area contributed by atoms with Crippen molar-refractivity contribution in [3.8, 4) is 5.75 Å². The highest BCUT2D eigenvalue weighted by molar-refractivity contribution is 6.36. The molecule has 0 saturated carbocycles. The van der Waals surface area contributed by atoms with Gasteiger partial charge in [0.25, 0.3) is 0 Å². The van der Waals surface area contributed by atoms with Crippen LogP contribution >= 0.6 is 11.6 Å². The van der Waals surface area contributed by atoms with Crippen LogP contribution in [0.2, 0.25) is 5.02 Å². The Labute approximate surface area is 114 Å². The molecule has 0 fully saturated rings. The lowest BCUT2D eigenvalue weighted by Gasteiger charge is -2.03. The molecule has 0 bridgehead atoms. The maximum Gasteiger partial charge on any atom is 0.179 e. The largest absolute Gasteiger partial charge is 0.508 e. The predicted octanol–water partition coefficient (Wildman–Crippen LogP) is 3.80. The Morgan fingerprint density at radius 1 is 1.16 bits per heavy atom. The standard InChI is InChI=1S/C14H11ClN2O2/c15-11-2-1-3-12-13(11)14(17-19-12)16-8-9-4-6-10(18)7-5-9/h1-7,18H,8H2,(H,16,17). The first-order chi connectivity index (χ1) is 9.24. The minimum Gasteiger partial charge on any atom is -0.508 e. The zero-order valence-corrected chi connectivity index (χ0v) is 10.7. The van der Waals surface area contributed by atoms with Crippen molar-refractivity contribution in [2.75, 3.05) is 5.32 Å². The number of nitrogens with one attached hydrogen (secondary N) is 1. The van der Waals surface area contributed by atoms with Crippen molar-refractivity contribution in [2.45, 2.75) is 6.54 Å². The van der Waals surface area contributed by atoms with E-state index >= 15 is 0 Å². The van der Waals surface area contributed by atoms with E-state index < -0.39 is 0 Å². The van der Waals surface area contributed by atoms with Crippen LogP contribution in [0.3, 0.4) is 0 Å². The number of halogens is 1. The molecule has 1 aromatic heterocycles. The Kier molecular flexibility index (Phi) is 3.01. The minimum absolute atomic E-state index is 0.249. The van der Waals surface area contributed by atoms with Crippen LogP contribution in [-0.4, -0.2) is 10.3 Å². The molecule has 0 spiro atoms. The highest BCUT2D eigenvalue weighted by Crippen LogP contribution is 2.30. The lowest BCUT2D eigenvalue weighted by atomic mass is 10.2. The van der Waals surface area contributed by atoms with Crippen LogP contribution < -0.4 is 5.32 Å². The van der Waals surface area contributed by atoms with E-state index in [0.29, 0.717) is 23.0 Å². The smallest absolute Gasteiger partial charge is 0.179 e. The monoisotopic (exact) mass is 274 g/mol. The number of phenolic OH excluding ortho intramolecular Hbond substituents is 1. The van der Waals surface area contributed by atoms with Crippen molar-refractivity contribution < 1.29 is 9.63 Å². The van der Waals surface area contributed by atoms with Crippen molar-refractivity contribution in [1.29, 1.82) is 0 Å². The third kappa shape index (κ3) is 2.35. The molecule has 19 heavy (non-hydrogen) atoms. The fourth-order valence-electron chi connectivity index (χ4n) is 1.87. The van der Waals surface area contributed by atoms with Gasteiger partial charge in [0.1, 0.15) is 5.75 Å². The molecule has 3 rings (SSSR count). The summed E-state index contributed by atoms with van der Waals surface area (Å²) in [5.41, 5.74) is 1.68. The Hall–Kier alpha value is -2.20. The van der Waals surface area contributed by atoms with E-state index in [1.165, 1.54) is 0 Å². The number of hydrogen-bond acceptors (Lipinski definition) is 4. The van der Waals surface area contributed by atoms with Gasteiger partial charge in [0.2, 0.25) is 0 Å². The molecule has 0 aliphatic carbocycles. The van der Waals surface area contributed by atoms with Gasteiger partial charge in [-0.25, -0.2) is 0 Å². The number of hydrogen-bond donors (Lipinski definition) is 2. The molecule has 0 aliphatic heterocycles. The van der Waals surface area contributed by atoms with Crippen LogP contribution in [-0.2, 0) is 6.54 Å². The number of aromatic hydroxyl groups is 1. The molecule has 2 N–H and O–H groups in total. The van der Waals surface area contributed by atoms with E-state index in [1.54, 1.807) is 18.2 Å². The van der Waals surface area contributed by atoms with E-state index in [1.807, 2.05) is 24.3 Å². The molecule has 0 radical (unpaired) electrons. The molecule has 0 atom stereocenters. The fourth-order valence-corrected chi connectivity index (χ4v) is 2.13. The van der Waals surface area contributed by atoms with E-state index in [9.17, 15) is 5.11 Å². The SMILES string of the molecule is Oc1ccc(CNc2noc3cccc(Cl)c23)cc1. The molecule has 0 saturated heterocycles. The summed E-state index contributed by atoms with van der Waals surface area (Å²) in [6, 6.07) is 12.4. The van der Waals surface area contributed by atoms with Crippen LogP contribution in [0, 0.1) is 0 Å². The van der Waals surface area contributed by atoms with Gasteiger partial charge in [-0.1, -0.05) is 35.0 Å². The van der Waals surface area contributed by atoms with Crippen molar-refractivity contribution in [2.24, 2.45) is 0 Å². The van der Waals surface area contributed by atoms with Crippen molar-refractivity contribution in [3.05, 3.63) is 53.1 Å². The molecule has 2 aromatic carbocycles. The molecular weight excluding hydrogens is 264 g/mol. The summed E-state index contributed by atoms with van der Waals surface area (Å²) in [5.74, 6) is 0.868. The number of nitrogens with zero attached hydrogens (tertiary/aromatic N) is 1. The van der Waals surface area contributed by atoms with Crippen LogP contribution in [0.1, 0.15) is 5.56 Å². The van der Waals surface area contributed by atoms with E-state index in [-0.39, 0.29) is 5.75 Å². The Bertz CT molecular complexity index is 707. The minimum atomic E-state index is 0.249. The molecule has 4 nitrogen and oxygen atoms in total. The quantitative estimate of drug-likeness (QED) is 0.763. The molecule has 0 aliphatic rings. The Balaban J connectivity index is 1.84. The second-order valence-electron chi connectivity index (χ2n) is 4.16. The lowest BCUT2D eigenvalue weighted by molar-refractivity contribution is 0.459. The summed E-state index contributed by atoms with van der Waals surface area (Å²) in [4.78, 5) is 0. The number of fused-ring (bicyclic) bond motifs is 1. The number of rotatable bonds is 3. The van der Waals surface area contributed by atoms with Gasteiger partial charge in [-0.05, 0) is 29.8 Å². The van der Waals surface area contributed by atoms with Gasteiger partial charge in [0.15, 0.2) is 11.4 Å². The number of benzene rings is 2. The molecule has 3 aromatic rings. The fraction of sp³-hybridized carbons (Fsp3) is 0.0714. The molecule has 5 heteroatoms. The third-order valence-electron chi connectivity index (χ3n) is 2.84. The Morgan fingerprint density at radius 3 is 2.74 bits per heavy atom. The summed E-state index contributed by atoms with van der Waals surface area (Å²) in [5, 5.41) is 17.7. The topological polar surface area (TPSA) is 58.3 Å². The first-order valence-electron chi connectivity index (χ1n) is 5.80. The normalized spacial score (nSPS) is 10.8. The third-order valence-corrected chi connectivity index (χ3v) is 3.16. The molecule has 96 valence electrons. The first kappa shape index (κ1) is 11.9. The number of anilines is 1. The average molecular weight is 275 g/mol. The van der Waals surface area contributed by atoms with Crippen molar-refractivity contribution in [1.82, 2.24) is 5.16 Å². The van der Waals surface area contributed by atoms with E-state index in [4.69, 9.17) is 16.1 Å². The van der Waals surface area contributed by atoms with Gasteiger partial charge in [0.05, 0.1) is 10.4 Å². The zero-order chi connectivity index (χ0) is 13.2. The van der Waals surface area contributed by atoms with Gasteiger partial charge in [-0.2, -0.15) is 0 Å². The van der Waals surface area contributed by atoms with Crippen LogP contribution in [0.15, 0.2) is 47.0 Å². The lowest BCUT2D eigenvalue weighted by Crippen LogP contribution is -1.99. The zero-order valence-electron chi connectivity index (χ0n) is 9.93. The first-order valence-corrected chi connectivity index (χ1v) is 6.17. The molecule has 0 unspecified atom stereocenters. The van der Waals surface area contributed by atoms with Crippen LogP contribution in [0.4, 0.5) is 5.82 Å². The van der Waals surface area contributed by atoms with Gasteiger partial charge in [0, 0.05) is 6.54 Å². The van der Waals surface area contributed by atoms with Gasteiger partial charge >= 0.3 is 0 Å². The summed E-state index contributed by atoms with van der Waals surface area (Å²) < 4.78 is 5.20. The predicted molar refractivity (Wildman–Crippen MR) is 74.5 cm³/mol. The maximum atomic E-state index is 9.22. The molecular formula is C14H11ClN2O2. The van der Waals surface area contributed by atoms with Gasteiger partial charge < -0.3 is 14.9 Å². The average Bonchev–Trinajstić information content (AvgIpc) is 2.83. The van der Waals surface area contributed by atoms with Crippen LogP contribution in [0.5, 0.6) is 5.75 Å². The molecule has 1 heterocycles. The highest BCUT2D eigenvalue weighted by atomic mass is 35.5. The van der Waals surface area contributed by atoms with Crippen molar-refractivity contribution in [3.63, 3.8) is 0 Å². The van der Waals surface area contributed by atoms with Gasteiger partial charge in [-0.3, -0.25) is 0 Å². The summed E-state index contributed by atoms with van der Waals surface area (Å²) in [7, 11) is 0. The number of aromatic nitrogens is 1. The second kappa shape index (κ2) is 4.82. The summed E-state index contributed by atoms with van der Waals surface area (Å²) in [6.45, 7) is 0.577. The Morgan fingerprint density at radius 2 is 1.95 bits per heavy atom. The van der Waals surface area contributed by atoms with E-state index in [0.717, 1.165) is 10.9 Å². The second-order valence-corrected chi connectivity index (χ2v) is 4.57. The maximum absolute atomic E-state index is 9.22.